The molecule has 0 aromatic heterocycles. The fourth-order valence-electron chi connectivity index (χ4n) is 2.11. The number of hydrogen-bond acceptors (Lipinski definition) is 3. The van der Waals surface area contributed by atoms with Crippen molar-refractivity contribution in [3.63, 3.8) is 0 Å². The molecule has 1 aromatic carbocycles. The first-order valence-corrected chi connectivity index (χ1v) is 6.80. The number of aryl methyl sites for hydroxylation is 2. The minimum Gasteiger partial charge on any atom is -0.484 e. The molecule has 1 aromatic rings. The van der Waals surface area contributed by atoms with Crippen LogP contribution in [0.15, 0.2) is 18.2 Å². The van der Waals surface area contributed by atoms with Crippen molar-refractivity contribution in [1.82, 2.24) is 5.48 Å². The molecule has 2 rings (SSSR count). The van der Waals surface area contributed by atoms with Crippen molar-refractivity contribution in [2.45, 2.75) is 33.1 Å². The average Bonchev–Trinajstić information content (AvgIpc) is 2.83. The van der Waals surface area contributed by atoms with E-state index in [1.54, 1.807) is 0 Å². The van der Waals surface area contributed by atoms with Gasteiger partial charge in [-0.1, -0.05) is 19.9 Å². The molecular weight excluding hydrogens is 242 g/mol. The van der Waals surface area contributed by atoms with Crippen molar-refractivity contribution in [2.75, 3.05) is 13.2 Å². The van der Waals surface area contributed by atoms with Crippen molar-refractivity contribution in [3.05, 3.63) is 29.3 Å². The zero-order valence-corrected chi connectivity index (χ0v) is 11.6. The van der Waals surface area contributed by atoms with Crippen molar-refractivity contribution in [1.29, 1.82) is 0 Å². The maximum Gasteiger partial charge on any atom is 0.281 e. The van der Waals surface area contributed by atoms with Crippen LogP contribution in [0, 0.1) is 5.92 Å². The number of benzene rings is 1. The van der Waals surface area contributed by atoms with Gasteiger partial charge in [0.2, 0.25) is 0 Å². The van der Waals surface area contributed by atoms with Crippen molar-refractivity contribution < 1.29 is 14.4 Å². The van der Waals surface area contributed by atoms with Gasteiger partial charge < -0.3 is 4.74 Å². The van der Waals surface area contributed by atoms with E-state index in [-0.39, 0.29) is 12.5 Å². The Bertz CT molecular complexity index is 443. The second-order valence-corrected chi connectivity index (χ2v) is 5.30. The predicted octanol–water partition coefficient (Wildman–Crippen LogP) is 2.26. The van der Waals surface area contributed by atoms with E-state index >= 15 is 0 Å². The fraction of sp³-hybridized carbons (Fsp3) is 0.533. The Kier molecular flexibility index (Phi) is 4.80. The number of nitrogens with one attached hydrogen (secondary N) is 1. The smallest absolute Gasteiger partial charge is 0.281 e. The molecule has 0 radical (unpaired) electrons. The van der Waals surface area contributed by atoms with E-state index in [1.807, 2.05) is 26.0 Å². The average molecular weight is 263 g/mol. The Morgan fingerprint density at radius 1 is 1.32 bits per heavy atom. The van der Waals surface area contributed by atoms with Crippen LogP contribution in [0.1, 0.15) is 31.4 Å². The van der Waals surface area contributed by atoms with E-state index in [9.17, 15) is 4.79 Å². The monoisotopic (exact) mass is 263 g/mol. The van der Waals surface area contributed by atoms with Crippen LogP contribution in [0.4, 0.5) is 0 Å². The molecular formula is C15H21NO3. The van der Waals surface area contributed by atoms with E-state index < -0.39 is 0 Å². The Hall–Kier alpha value is -1.55. The number of rotatable bonds is 6. The molecule has 19 heavy (non-hydrogen) atoms. The SMILES string of the molecule is CC(C)CONC(=O)COc1ccc2c(c1)CCC2. The van der Waals surface area contributed by atoms with Gasteiger partial charge in [0.05, 0.1) is 6.61 Å². The summed E-state index contributed by atoms with van der Waals surface area (Å²) in [6.45, 7) is 4.53. The lowest BCUT2D eigenvalue weighted by Gasteiger charge is -2.10. The lowest BCUT2D eigenvalue weighted by Crippen LogP contribution is -2.30. The van der Waals surface area contributed by atoms with Crippen LogP contribution >= 0.6 is 0 Å². The highest BCUT2D eigenvalue weighted by Gasteiger charge is 2.11. The number of ether oxygens (including phenoxy) is 1. The summed E-state index contributed by atoms with van der Waals surface area (Å²) >= 11 is 0. The second kappa shape index (κ2) is 6.57. The van der Waals surface area contributed by atoms with Crippen molar-refractivity contribution >= 4 is 5.91 Å². The van der Waals surface area contributed by atoms with Crippen LogP contribution in [0.2, 0.25) is 0 Å². The van der Waals surface area contributed by atoms with E-state index in [2.05, 4.69) is 11.5 Å². The van der Waals surface area contributed by atoms with Gasteiger partial charge in [-0.05, 0) is 48.4 Å². The second-order valence-electron chi connectivity index (χ2n) is 5.30. The highest BCUT2D eigenvalue weighted by atomic mass is 16.7. The molecule has 0 heterocycles. The molecule has 0 unspecified atom stereocenters. The Morgan fingerprint density at radius 3 is 2.89 bits per heavy atom. The summed E-state index contributed by atoms with van der Waals surface area (Å²) < 4.78 is 5.46. The lowest BCUT2D eigenvalue weighted by atomic mass is 10.1. The summed E-state index contributed by atoms with van der Waals surface area (Å²) in [4.78, 5) is 16.5. The normalized spacial score (nSPS) is 13.4. The van der Waals surface area contributed by atoms with Crippen LogP contribution in [0.3, 0.4) is 0 Å². The number of hydrogen-bond donors (Lipinski definition) is 1. The predicted molar refractivity (Wildman–Crippen MR) is 72.9 cm³/mol. The van der Waals surface area contributed by atoms with Gasteiger partial charge in [0.15, 0.2) is 6.61 Å². The van der Waals surface area contributed by atoms with Gasteiger partial charge in [-0.25, -0.2) is 5.48 Å². The van der Waals surface area contributed by atoms with Gasteiger partial charge in [0.25, 0.3) is 5.91 Å². The van der Waals surface area contributed by atoms with E-state index in [1.165, 1.54) is 17.5 Å². The van der Waals surface area contributed by atoms with Gasteiger partial charge in [0, 0.05) is 0 Å². The standard InChI is InChI=1S/C15H21NO3/c1-11(2)9-19-16-15(17)10-18-14-7-6-12-4-3-5-13(12)8-14/h6-8,11H,3-5,9-10H2,1-2H3,(H,16,17). The molecule has 4 nitrogen and oxygen atoms in total. The molecule has 104 valence electrons. The van der Waals surface area contributed by atoms with Crippen LogP contribution in [-0.4, -0.2) is 19.1 Å². The Balaban J connectivity index is 1.74. The molecule has 1 amide bonds. The quantitative estimate of drug-likeness (QED) is 0.801. The third-order valence-corrected chi connectivity index (χ3v) is 3.04. The maximum atomic E-state index is 11.5. The fourth-order valence-corrected chi connectivity index (χ4v) is 2.11. The van der Waals surface area contributed by atoms with Crippen LogP contribution in [-0.2, 0) is 22.5 Å². The molecule has 0 saturated heterocycles. The van der Waals surface area contributed by atoms with E-state index in [0.717, 1.165) is 18.6 Å². The number of hydroxylamine groups is 1. The molecule has 1 aliphatic carbocycles. The number of carbonyl (C=O) groups excluding carboxylic acids is 1. The third-order valence-electron chi connectivity index (χ3n) is 3.04. The molecule has 0 saturated carbocycles. The topological polar surface area (TPSA) is 47.6 Å². The molecule has 0 fully saturated rings. The van der Waals surface area contributed by atoms with Gasteiger partial charge in [-0.3, -0.25) is 9.63 Å². The summed E-state index contributed by atoms with van der Waals surface area (Å²) in [7, 11) is 0. The highest BCUT2D eigenvalue weighted by molar-refractivity contribution is 5.76. The molecule has 0 atom stereocenters. The molecule has 4 heteroatoms. The Morgan fingerprint density at radius 2 is 2.11 bits per heavy atom. The number of carbonyl (C=O) groups is 1. The summed E-state index contributed by atoms with van der Waals surface area (Å²) in [5, 5.41) is 0. The molecule has 1 N–H and O–H groups in total. The number of fused-ring (bicyclic) bond motifs is 1. The molecule has 0 bridgehead atoms. The zero-order chi connectivity index (χ0) is 13.7. The first-order chi connectivity index (χ1) is 9.15. The summed E-state index contributed by atoms with van der Waals surface area (Å²) in [6, 6.07) is 6.04. The van der Waals surface area contributed by atoms with E-state index in [4.69, 9.17) is 9.57 Å². The summed E-state index contributed by atoms with van der Waals surface area (Å²) in [5.41, 5.74) is 5.11. The lowest BCUT2D eigenvalue weighted by molar-refractivity contribution is -0.136. The van der Waals surface area contributed by atoms with E-state index in [0.29, 0.717) is 12.5 Å². The first kappa shape index (κ1) is 13.9. The highest BCUT2D eigenvalue weighted by Crippen LogP contribution is 2.25. The molecule has 0 spiro atoms. The van der Waals surface area contributed by atoms with Gasteiger partial charge in [0.1, 0.15) is 5.75 Å². The van der Waals surface area contributed by atoms with Crippen LogP contribution in [0.25, 0.3) is 0 Å². The Labute approximate surface area is 114 Å². The third kappa shape index (κ3) is 4.24. The number of amides is 1. The molecule has 1 aliphatic rings. The maximum absolute atomic E-state index is 11.5. The minimum atomic E-state index is -0.263. The summed E-state index contributed by atoms with van der Waals surface area (Å²) in [6.07, 6.45) is 3.47. The minimum absolute atomic E-state index is 0.0170. The molecule has 0 aliphatic heterocycles. The van der Waals surface area contributed by atoms with Crippen LogP contribution in [0.5, 0.6) is 5.75 Å². The summed E-state index contributed by atoms with van der Waals surface area (Å²) in [5.74, 6) is 0.874. The van der Waals surface area contributed by atoms with Gasteiger partial charge in [-0.15, -0.1) is 0 Å². The zero-order valence-electron chi connectivity index (χ0n) is 11.6. The largest absolute Gasteiger partial charge is 0.484 e. The van der Waals surface area contributed by atoms with Crippen molar-refractivity contribution in [2.24, 2.45) is 5.92 Å². The van der Waals surface area contributed by atoms with Crippen molar-refractivity contribution in [3.8, 4) is 5.75 Å². The van der Waals surface area contributed by atoms with Crippen LogP contribution < -0.4 is 10.2 Å². The van der Waals surface area contributed by atoms with Gasteiger partial charge >= 0.3 is 0 Å². The van der Waals surface area contributed by atoms with Gasteiger partial charge in [-0.2, -0.15) is 0 Å². The first-order valence-electron chi connectivity index (χ1n) is 6.80.